The average molecular weight is 309 g/mol. The van der Waals surface area contributed by atoms with E-state index < -0.39 is 0 Å². The summed E-state index contributed by atoms with van der Waals surface area (Å²) in [6, 6.07) is 5.47. The zero-order chi connectivity index (χ0) is 9.84. The Labute approximate surface area is 92.1 Å². The van der Waals surface area contributed by atoms with Crippen molar-refractivity contribution >= 4 is 43.5 Å². The van der Waals surface area contributed by atoms with E-state index in [1.165, 1.54) is 0 Å². The van der Waals surface area contributed by atoms with Gasteiger partial charge in [-0.1, -0.05) is 15.9 Å². The fourth-order valence-electron chi connectivity index (χ4n) is 0.726. The van der Waals surface area contributed by atoms with Crippen LogP contribution in [0.25, 0.3) is 0 Å². The average Bonchev–Trinajstić information content (AvgIpc) is 2.11. The molecule has 0 spiro atoms. The maximum Gasteiger partial charge on any atom is 0.218 e. The van der Waals surface area contributed by atoms with Crippen molar-refractivity contribution in [1.82, 2.24) is 5.48 Å². The molecule has 0 atom stereocenters. The molecule has 0 aliphatic carbocycles. The van der Waals surface area contributed by atoms with Gasteiger partial charge in [0.2, 0.25) is 5.96 Å². The molecule has 0 aromatic heterocycles. The van der Waals surface area contributed by atoms with Gasteiger partial charge < -0.3 is 5.73 Å². The zero-order valence-electron chi connectivity index (χ0n) is 6.46. The number of guanidine groups is 1. The summed E-state index contributed by atoms with van der Waals surface area (Å²) in [5, 5.41) is 8.42. The first-order valence-electron chi connectivity index (χ1n) is 3.33. The number of hydrogen-bond acceptors (Lipinski definition) is 2. The van der Waals surface area contributed by atoms with Gasteiger partial charge in [0.1, 0.15) is 0 Å². The molecule has 1 aromatic rings. The van der Waals surface area contributed by atoms with E-state index in [0.717, 1.165) is 8.95 Å². The summed E-state index contributed by atoms with van der Waals surface area (Å²) in [4.78, 5) is 3.89. The van der Waals surface area contributed by atoms with Gasteiger partial charge in [-0.25, -0.2) is 10.5 Å². The molecule has 0 aliphatic heterocycles. The van der Waals surface area contributed by atoms with E-state index >= 15 is 0 Å². The number of aliphatic imine (C=N–C) groups is 1. The van der Waals surface area contributed by atoms with Gasteiger partial charge in [-0.05, 0) is 34.1 Å². The molecule has 4 nitrogen and oxygen atoms in total. The molecule has 0 aliphatic rings. The molecule has 0 fully saturated rings. The highest BCUT2D eigenvalue weighted by Crippen LogP contribution is 2.28. The summed E-state index contributed by atoms with van der Waals surface area (Å²) in [7, 11) is 0. The fraction of sp³-hybridized carbons (Fsp3) is 0. The first kappa shape index (κ1) is 10.5. The Balaban J connectivity index is 3.07. The van der Waals surface area contributed by atoms with Gasteiger partial charge in [-0.2, -0.15) is 0 Å². The number of rotatable bonds is 1. The van der Waals surface area contributed by atoms with Crippen molar-refractivity contribution in [2.45, 2.75) is 0 Å². The first-order chi connectivity index (χ1) is 6.13. The highest BCUT2D eigenvalue weighted by atomic mass is 79.9. The largest absolute Gasteiger partial charge is 0.368 e. The minimum atomic E-state index is -0.0567. The van der Waals surface area contributed by atoms with Crippen LogP contribution in [0.1, 0.15) is 0 Å². The molecule has 0 heterocycles. The quantitative estimate of drug-likeness (QED) is 0.423. The number of nitrogens with one attached hydrogen (secondary N) is 1. The molecule has 0 bridgehead atoms. The summed E-state index contributed by atoms with van der Waals surface area (Å²) in [5.74, 6) is -0.0567. The van der Waals surface area contributed by atoms with Crippen LogP contribution in [0.4, 0.5) is 5.69 Å². The van der Waals surface area contributed by atoms with E-state index in [9.17, 15) is 0 Å². The van der Waals surface area contributed by atoms with E-state index in [0.29, 0.717) is 5.69 Å². The van der Waals surface area contributed by atoms with E-state index in [4.69, 9.17) is 10.9 Å². The summed E-state index contributed by atoms with van der Waals surface area (Å²) in [6.45, 7) is 0. The lowest BCUT2D eigenvalue weighted by Crippen LogP contribution is -2.27. The van der Waals surface area contributed by atoms with Crippen molar-refractivity contribution in [1.29, 1.82) is 0 Å². The third kappa shape index (κ3) is 2.98. The Morgan fingerprint density at radius 3 is 2.77 bits per heavy atom. The van der Waals surface area contributed by atoms with Crippen molar-refractivity contribution in [3.05, 3.63) is 27.1 Å². The van der Waals surface area contributed by atoms with Gasteiger partial charge >= 0.3 is 0 Å². The number of hydrogen-bond donors (Lipinski definition) is 3. The van der Waals surface area contributed by atoms with Crippen molar-refractivity contribution in [3.63, 3.8) is 0 Å². The Morgan fingerprint density at radius 1 is 1.46 bits per heavy atom. The van der Waals surface area contributed by atoms with E-state index in [1.54, 1.807) is 11.5 Å². The van der Waals surface area contributed by atoms with Crippen LogP contribution in [0.15, 0.2) is 32.1 Å². The van der Waals surface area contributed by atoms with Gasteiger partial charge in [-0.3, -0.25) is 5.21 Å². The molecule has 13 heavy (non-hydrogen) atoms. The van der Waals surface area contributed by atoms with Crippen LogP contribution < -0.4 is 11.2 Å². The molecule has 0 unspecified atom stereocenters. The molecule has 70 valence electrons. The van der Waals surface area contributed by atoms with E-state index in [-0.39, 0.29) is 5.96 Å². The van der Waals surface area contributed by atoms with Gasteiger partial charge in [-0.15, -0.1) is 0 Å². The number of hydroxylamine groups is 1. The molecule has 0 amide bonds. The smallest absolute Gasteiger partial charge is 0.218 e. The van der Waals surface area contributed by atoms with Crippen molar-refractivity contribution in [3.8, 4) is 0 Å². The summed E-state index contributed by atoms with van der Waals surface area (Å²) in [6.07, 6.45) is 0. The third-order valence-electron chi connectivity index (χ3n) is 1.26. The minimum absolute atomic E-state index is 0.0567. The second-order valence-corrected chi connectivity index (χ2v) is 3.97. The molecule has 6 heteroatoms. The van der Waals surface area contributed by atoms with Crippen LogP contribution in [0, 0.1) is 0 Å². The van der Waals surface area contributed by atoms with Crippen LogP contribution in [0.3, 0.4) is 0 Å². The molecular weight excluding hydrogens is 302 g/mol. The second kappa shape index (κ2) is 4.59. The van der Waals surface area contributed by atoms with Crippen molar-refractivity contribution < 1.29 is 5.21 Å². The predicted molar refractivity (Wildman–Crippen MR) is 58.0 cm³/mol. The molecule has 0 saturated heterocycles. The summed E-state index contributed by atoms with van der Waals surface area (Å²) < 4.78 is 1.69. The van der Waals surface area contributed by atoms with Gasteiger partial charge in [0, 0.05) is 8.95 Å². The second-order valence-electron chi connectivity index (χ2n) is 2.20. The lowest BCUT2D eigenvalue weighted by Gasteiger charge is -2.00. The standard InChI is InChI=1S/C7H7Br2N3O/c8-4-1-2-5(9)6(3-4)11-7(10)12-13/h1-3,13H,(H3,10,11,12). The summed E-state index contributed by atoms with van der Waals surface area (Å²) in [5.41, 5.74) is 7.66. The Kier molecular flexibility index (Phi) is 3.71. The highest BCUT2D eigenvalue weighted by molar-refractivity contribution is 9.11. The van der Waals surface area contributed by atoms with Gasteiger partial charge in [0.25, 0.3) is 0 Å². The topological polar surface area (TPSA) is 70.6 Å². The predicted octanol–water partition coefficient (Wildman–Crippen LogP) is 2.14. The highest BCUT2D eigenvalue weighted by Gasteiger charge is 1.99. The monoisotopic (exact) mass is 307 g/mol. The molecule has 1 aromatic carbocycles. The van der Waals surface area contributed by atoms with Crippen LogP contribution in [0.5, 0.6) is 0 Å². The van der Waals surface area contributed by atoms with Gasteiger partial charge in [0.05, 0.1) is 5.69 Å². The Morgan fingerprint density at radius 2 is 2.15 bits per heavy atom. The zero-order valence-corrected chi connectivity index (χ0v) is 9.63. The molecule has 0 saturated carbocycles. The van der Waals surface area contributed by atoms with E-state index in [2.05, 4.69) is 36.9 Å². The molecule has 0 radical (unpaired) electrons. The van der Waals surface area contributed by atoms with Crippen LogP contribution >= 0.6 is 31.9 Å². The minimum Gasteiger partial charge on any atom is -0.368 e. The van der Waals surface area contributed by atoms with Crippen LogP contribution in [-0.4, -0.2) is 11.2 Å². The van der Waals surface area contributed by atoms with E-state index in [1.807, 2.05) is 12.1 Å². The van der Waals surface area contributed by atoms with Gasteiger partial charge in [0.15, 0.2) is 0 Å². The van der Waals surface area contributed by atoms with Crippen molar-refractivity contribution in [2.24, 2.45) is 10.7 Å². The van der Waals surface area contributed by atoms with Crippen LogP contribution in [-0.2, 0) is 0 Å². The number of nitrogens with two attached hydrogens (primary N) is 1. The Hall–Kier alpha value is -0.590. The normalized spacial score (nSPS) is 11.5. The van der Waals surface area contributed by atoms with Crippen molar-refractivity contribution in [2.75, 3.05) is 0 Å². The third-order valence-corrected chi connectivity index (χ3v) is 2.43. The number of halogens is 2. The summed E-state index contributed by atoms with van der Waals surface area (Å²) >= 11 is 6.59. The molecule has 4 N–H and O–H groups in total. The fourth-order valence-corrected chi connectivity index (χ4v) is 1.41. The molecule has 1 rings (SSSR count). The maximum absolute atomic E-state index is 8.42. The maximum atomic E-state index is 8.42. The number of benzene rings is 1. The SMILES string of the molecule is NC(=Nc1cc(Br)ccc1Br)NO. The Bertz CT molecular complexity index is 341. The number of nitrogens with zero attached hydrogens (tertiary/aromatic N) is 1. The molecular formula is C7H7Br2N3O. The van der Waals surface area contributed by atoms with Crippen LogP contribution in [0.2, 0.25) is 0 Å². The lowest BCUT2D eigenvalue weighted by atomic mass is 10.3. The lowest BCUT2D eigenvalue weighted by molar-refractivity contribution is 0.233. The first-order valence-corrected chi connectivity index (χ1v) is 4.91.